The number of carbonyl (C=O) groups is 1. The number of anilines is 1. The zero-order chi connectivity index (χ0) is 32.0. The number of benzene rings is 1. The minimum absolute atomic E-state index is 0.00136. The highest BCUT2D eigenvalue weighted by atomic mass is 19.4. The van der Waals surface area contributed by atoms with Gasteiger partial charge in [-0.15, -0.1) is 0 Å². The number of rotatable bonds is 6. The second-order valence-electron chi connectivity index (χ2n) is 11.5. The first kappa shape index (κ1) is 30.4. The van der Waals surface area contributed by atoms with Crippen LogP contribution in [0.2, 0.25) is 0 Å². The summed E-state index contributed by atoms with van der Waals surface area (Å²) in [6.45, 7) is 3.92. The summed E-state index contributed by atoms with van der Waals surface area (Å²) in [7, 11) is 0. The molecule has 9 nitrogen and oxygen atoms in total. The molecule has 2 aliphatic heterocycles. The standard InChI is InChI=1S/C31H28F5N7O2/c1-16-11-38-6-5-25(16)43-30-21(13-40-43)29(20(10-37)23(41-30)7-17(2)31(34,35)36)18-3-4-26-27(8-18)45-15-28(44)42(26)14-24-22(33)9-19(32)12-39-24/h3-4,8-9,12-13,16-17,25,38H,5-7,11,14-15H2,1-2H3/t16-,17?,25-/m1/s1. The zero-order valence-corrected chi connectivity index (χ0v) is 24.3. The number of hydrogen-bond donors (Lipinski definition) is 1. The fraction of sp³-hybridized carbons (Fsp3) is 0.387. The lowest BCUT2D eigenvalue weighted by Gasteiger charge is -2.30. The molecule has 3 atom stereocenters. The molecular weight excluding hydrogens is 597 g/mol. The number of fused-ring (bicyclic) bond motifs is 2. The van der Waals surface area contributed by atoms with Crippen molar-refractivity contribution in [3.8, 4) is 22.9 Å². The minimum Gasteiger partial charge on any atom is -0.482 e. The highest BCUT2D eigenvalue weighted by Crippen LogP contribution is 2.42. The Morgan fingerprint density at radius 2 is 2.00 bits per heavy atom. The fourth-order valence-corrected chi connectivity index (χ4v) is 5.93. The van der Waals surface area contributed by atoms with Crippen LogP contribution in [0.25, 0.3) is 22.2 Å². The Bertz CT molecular complexity index is 1830. The van der Waals surface area contributed by atoms with Crippen LogP contribution in [-0.4, -0.2) is 51.5 Å². The Kier molecular flexibility index (Phi) is 7.90. The van der Waals surface area contributed by atoms with E-state index in [-0.39, 0.29) is 53.5 Å². The lowest BCUT2D eigenvalue weighted by atomic mass is 9.92. The first-order valence-corrected chi connectivity index (χ1v) is 14.4. The lowest BCUT2D eigenvalue weighted by molar-refractivity contribution is -0.169. The van der Waals surface area contributed by atoms with Gasteiger partial charge in [-0.2, -0.15) is 23.5 Å². The number of alkyl halides is 3. The van der Waals surface area contributed by atoms with E-state index in [0.29, 0.717) is 28.2 Å². The summed E-state index contributed by atoms with van der Waals surface area (Å²) in [6, 6.07) is 7.45. The van der Waals surface area contributed by atoms with Gasteiger partial charge in [-0.05, 0) is 43.1 Å². The van der Waals surface area contributed by atoms with Crippen molar-refractivity contribution in [2.75, 3.05) is 24.6 Å². The first-order valence-electron chi connectivity index (χ1n) is 14.4. The fourth-order valence-electron chi connectivity index (χ4n) is 5.93. The van der Waals surface area contributed by atoms with Gasteiger partial charge in [0.25, 0.3) is 5.91 Å². The number of pyridine rings is 2. The summed E-state index contributed by atoms with van der Waals surface area (Å²) in [5.41, 5.74) is 1.29. The van der Waals surface area contributed by atoms with Crippen molar-refractivity contribution >= 4 is 22.6 Å². The van der Waals surface area contributed by atoms with Gasteiger partial charge in [-0.25, -0.2) is 18.4 Å². The van der Waals surface area contributed by atoms with Gasteiger partial charge in [0, 0.05) is 23.4 Å². The van der Waals surface area contributed by atoms with E-state index >= 15 is 0 Å². The third kappa shape index (κ3) is 5.68. The number of nitrogens with one attached hydrogen (secondary N) is 1. The number of ether oxygens (including phenoxy) is 1. The molecule has 4 aromatic rings. The number of halogens is 5. The maximum absolute atomic E-state index is 14.4. The molecule has 1 N–H and O–H groups in total. The highest BCUT2D eigenvalue weighted by molar-refractivity contribution is 6.00. The summed E-state index contributed by atoms with van der Waals surface area (Å²) in [6.07, 6.45) is -1.84. The van der Waals surface area contributed by atoms with Gasteiger partial charge in [0.2, 0.25) is 0 Å². The molecule has 0 spiro atoms. The Hall–Kier alpha value is -4.64. The van der Waals surface area contributed by atoms with E-state index in [9.17, 15) is 32.0 Å². The van der Waals surface area contributed by atoms with Gasteiger partial charge in [-0.3, -0.25) is 14.7 Å². The van der Waals surface area contributed by atoms with Gasteiger partial charge in [0.05, 0.1) is 53.5 Å². The predicted molar refractivity (Wildman–Crippen MR) is 153 cm³/mol. The maximum atomic E-state index is 14.4. The molecule has 0 bridgehead atoms. The normalized spacial score (nSPS) is 19.2. The highest BCUT2D eigenvalue weighted by Gasteiger charge is 2.38. The molecule has 1 amide bonds. The second-order valence-corrected chi connectivity index (χ2v) is 11.5. The van der Waals surface area contributed by atoms with Crippen molar-refractivity contribution < 1.29 is 31.5 Å². The molecule has 3 aromatic heterocycles. The summed E-state index contributed by atoms with van der Waals surface area (Å²) in [5.74, 6) is -3.61. The molecule has 5 heterocycles. The van der Waals surface area contributed by atoms with E-state index in [1.807, 2.05) is 0 Å². The monoisotopic (exact) mass is 625 g/mol. The molecule has 0 radical (unpaired) electrons. The van der Waals surface area contributed by atoms with Crippen LogP contribution in [0.5, 0.6) is 5.75 Å². The van der Waals surface area contributed by atoms with Crippen LogP contribution < -0.4 is 15.0 Å². The second kappa shape index (κ2) is 11.7. The van der Waals surface area contributed by atoms with E-state index in [0.717, 1.165) is 32.6 Å². The number of carbonyl (C=O) groups excluding carboxylic acids is 1. The Morgan fingerprint density at radius 3 is 2.71 bits per heavy atom. The SMILES string of the molecule is CC(Cc1nc2c(cnn2[C@@H]2CCNC[C@H]2C)c(-c2ccc3c(c2)OCC(=O)N3Cc2ncc(F)cc2F)c1C#N)C(F)(F)F. The third-order valence-corrected chi connectivity index (χ3v) is 8.43. The third-order valence-electron chi connectivity index (χ3n) is 8.43. The number of nitriles is 1. The van der Waals surface area contributed by atoms with Gasteiger partial charge in [0.1, 0.15) is 23.5 Å². The number of nitrogens with zero attached hydrogens (tertiary/aromatic N) is 6. The van der Waals surface area contributed by atoms with E-state index < -0.39 is 36.1 Å². The summed E-state index contributed by atoms with van der Waals surface area (Å²) >= 11 is 0. The number of aromatic nitrogens is 4. The lowest BCUT2D eigenvalue weighted by Crippen LogP contribution is -2.38. The topological polar surface area (TPSA) is 109 Å². The number of amides is 1. The van der Waals surface area contributed by atoms with Crippen molar-refractivity contribution in [2.24, 2.45) is 11.8 Å². The van der Waals surface area contributed by atoms with E-state index in [1.165, 1.54) is 4.90 Å². The van der Waals surface area contributed by atoms with Crippen LogP contribution in [0.4, 0.5) is 27.6 Å². The van der Waals surface area contributed by atoms with Crippen LogP contribution in [-0.2, 0) is 17.8 Å². The largest absolute Gasteiger partial charge is 0.482 e. The molecule has 45 heavy (non-hydrogen) atoms. The molecule has 2 aliphatic rings. The summed E-state index contributed by atoms with van der Waals surface area (Å²) in [5, 5.41) is 18.7. The molecule has 1 saturated heterocycles. The van der Waals surface area contributed by atoms with Crippen LogP contribution >= 0.6 is 0 Å². The smallest absolute Gasteiger partial charge is 0.391 e. The summed E-state index contributed by atoms with van der Waals surface area (Å²) in [4.78, 5) is 22.5. The average molecular weight is 626 g/mol. The molecule has 1 aromatic carbocycles. The van der Waals surface area contributed by atoms with E-state index in [2.05, 4.69) is 33.4 Å². The molecule has 234 valence electrons. The predicted octanol–water partition coefficient (Wildman–Crippen LogP) is 5.48. The van der Waals surface area contributed by atoms with Crippen molar-refractivity contribution in [1.29, 1.82) is 5.26 Å². The van der Waals surface area contributed by atoms with Crippen molar-refractivity contribution in [3.63, 3.8) is 0 Å². The van der Waals surface area contributed by atoms with Gasteiger partial charge in [0.15, 0.2) is 12.3 Å². The van der Waals surface area contributed by atoms with Gasteiger partial charge in [-0.1, -0.05) is 19.9 Å². The van der Waals surface area contributed by atoms with E-state index in [1.54, 1.807) is 29.1 Å². The molecule has 14 heteroatoms. The Morgan fingerprint density at radius 1 is 1.20 bits per heavy atom. The molecule has 6 rings (SSSR count). The molecule has 1 unspecified atom stereocenters. The van der Waals surface area contributed by atoms with Crippen LogP contribution in [0.15, 0.2) is 36.7 Å². The molecular formula is C31H28F5N7O2. The molecule has 0 aliphatic carbocycles. The van der Waals surface area contributed by atoms with Gasteiger partial charge >= 0.3 is 6.18 Å². The van der Waals surface area contributed by atoms with Gasteiger partial charge < -0.3 is 10.1 Å². The van der Waals surface area contributed by atoms with Crippen molar-refractivity contribution in [2.45, 2.75) is 45.5 Å². The van der Waals surface area contributed by atoms with Crippen molar-refractivity contribution in [3.05, 3.63) is 65.2 Å². The first-order chi connectivity index (χ1) is 21.5. The van der Waals surface area contributed by atoms with Crippen molar-refractivity contribution in [1.82, 2.24) is 25.1 Å². The Balaban J connectivity index is 1.49. The zero-order valence-electron chi connectivity index (χ0n) is 24.3. The summed E-state index contributed by atoms with van der Waals surface area (Å²) < 4.78 is 76.4. The van der Waals surface area contributed by atoms with Crippen LogP contribution in [0.1, 0.15) is 43.3 Å². The van der Waals surface area contributed by atoms with E-state index in [4.69, 9.17) is 4.74 Å². The number of hydrogen-bond acceptors (Lipinski definition) is 7. The Labute approximate surface area is 254 Å². The van der Waals surface area contributed by atoms with Crippen LogP contribution in [0.3, 0.4) is 0 Å². The maximum Gasteiger partial charge on any atom is 0.391 e. The average Bonchev–Trinajstić information content (AvgIpc) is 3.41. The quantitative estimate of drug-likeness (QED) is 0.283. The molecule has 0 saturated carbocycles. The molecule has 1 fully saturated rings. The van der Waals surface area contributed by atoms with Crippen LogP contribution in [0, 0.1) is 34.8 Å². The number of piperidine rings is 1. The minimum atomic E-state index is -4.50.